The fourth-order valence-corrected chi connectivity index (χ4v) is 5.70. The Bertz CT molecular complexity index is 799. The van der Waals surface area contributed by atoms with Gasteiger partial charge in [-0.1, -0.05) is 19.1 Å². The normalized spacial score (nSPS) is 31.5. The van der Waals surface area contributed by atoms with E-state index < -0.39 is 23.7 Å². The van der Waals surface area contributed by atoms with Crippen LogP contribution in [0, 0.1) is 29.6 Å². The van der Waals surface area contributed by atoms with E-state index in [0.29, 0.717) is 17.2 Å². The third-order valence-corrected chi connectivity index (χ3v) is 7.14. The Morgan fingerprint density at radius 1 is 1.15 bits per heavy atom. The predicted octanol–water partition coefficient (Wildman–Crippen LogP) is 2.16. The Balaban J connectivity index is 1.40. The van der Waals surface area contributed by atoms with Crippen LogP contribution in [0.2, 0.25) is 0 Å². The number of carboxylic acid groups (broad SMARTS) is 1. The molecular weight excluding hydrogens is 352 g/mol. The summed E-state index contributed by atoms with van der Waals surface area (Å²) in [4.78, 5) is 38.2. The zero-order valence-electron chi connectivity index (χ0n) is 14.5. The van der Waals surface area contributed by atoms with Crippen molar-refractivity contribution in [3.63, 3.8) is 0 Å². The summed E-state index contributed by atoms with van der Waals surface area (Å²) in [6.45, 7) is 2.21. The highest BCUT2D eigenvalue weighted by atomic mass is 32.1. The number of hydrogen-bond acceptors (Lipinski definition) is 4. The van der Waals surface area contributed by atoms with Crippen molar-refractivity contribution in [2.24, 2.45) is 29.6 Å². The summed E-state index contributed by atoms with van der Waals surface area (Å²) < 4.78 is 0. The molecule has 0 saturated heterocycles. The molecule has 6 nitrogen and oxygen atoms in total. The third kappa shape index (κ3) is 2.94. The second kappa shape index (κ2) is 6.54. The van der Waals surface area contributed by atoms with E-state index >= 15 is 0 Å². The molecule has 1 heterocycles. The van der Waals surface area contributed by atoms with Crippen LogP contribution in [0.4, 0.5) is 0 Å². The van der Waals surface area contributed by atoms with Gasteiger partial charge in [-0.05, 0) is 55.1 Å². The van der Waals surface area contributed by atoms with E-state index in [2.05, 4.69) is 17.8 Å². The number of nitrogens with one attached hydrogen (secondary N) is 2. The van der Waals surface area contributed by atoms with Gasteiger partial charge in [0.1, 0.15) is 0 Å². The van der Waals surface area contributed by atoms with Crippen molar-refractivity contribution in [3.8, 4) is 0 Å². The standard InChI is InChI=1S/C19H22N2O4S/c1-9-2-5-13-12(6-9)8-14(26-13)17(22)20-21-18(23)15-10-3-4-11(7-10)16(15)19(24)25/h3-4,8-11,15-16H,2,5-7H2,1H3,(H,20,22)(H,21,23)(H,24,25)/t9-,10+,11+,15-,16+/m1/s1. The van der Waals surface area contributed by atoms with Crippen LogP contribution in [0.25, 0.3) is 0 Å². The summed E-state index contributed by atoms with van der Waals surface area (Å²) in [5, 5.41) is 9.43. The first kappa shape index (κ1) is 17.3. The summed E-state index contributed by atoms with van der Waals surface area (Å²) >= 11 is 1.48. The van der Waals surface area contributed by atoms with E-state index in [9.17, 15) is 19.5 Å². The Morgan fingerprint density at radius 2 is 1.88 bits per heavy atom. The second-order valence-corrected chi connectivity index (χ2v) is 8.83. The number of carboxylic acids is 1. The number of carbonyl (C=O) groups is 3. The van der Waals surface area contributed by atoms with Crippen molar-refractivity contribution in [3.05, 3.63) is 33.5 Å². The number of carbonyl (C=O) groups excluding carboxylic acids is 2. The highest BCUT2D eigenvalue weighted by molar-refractivity contribution is 7.14. The molecule has 1 aromatic rings. The van der Waals surface area contributed by atoms with Gasteiger partial charge < -0.3 is 5.11 Å². The molecule has 2 amide bonds. The van der Waals surface area contributed by atoms with E-state index in [-0.39, 0.29) is 17.7 Å². The number of aliphatic carboxylic acids is 1. The number of amides is 2. The van der Waals surface area contributed by atoms with Gasteiger partial charge in [0.2, 0.25) is 5.91 Å². The van der Waals surface area contributed by atoms with Crippen LogP contribution in [0.5, 0.6) is 0 Å². The summed E-state index contributed by atoms with van der Waals surface area (Å²) in [6, 6.07) is 1.91. The molecule has 0 spiro atoms. The lowest BCUT2D eigenvalue weighted by atomic mass is 9.82. The average molecular weight is 374 g/mol. The molecule has 0 radical (unpaired) electrons. The van der Waals surface area contributed by atoms with Gasteiger partial charge in [-0.15, -0.1) is 11.3 Å². The first-order valence-electron chi connectivity index (χ1n) is 9.07. The molecule has 1 aromatic heterocycles. The first-order chi connectivity index (χ1) is 12.4. The maximum Gasteiger partial charge on any atom is 0.307 e. The quantitative estimate of drug-likeness (QED) is 0.558. The van der Waals surface area contributed by atoms with E-state index in [0.717, 1.165) is 19.3 Å². The van der Waals surface area contributed by atoms with E-state index in [4.69, 9.17) is 0 Å². The Labute approximate surface area is 155 Å². The van der Waals surface area contributed by atoms with Crippen molar-refractivity contribution in [1.29, 1.82) is 0 Å². The highest BCUT2D eigenvalue weighted by Crippen LogP contribution is 2.48. The van der Waals surface area contributed by atoms with Crippen LogP contribution in [0.15, 0.2) is 18.2 Å². The average Bonchev–Trinajstić information content (AvgIpc) is 3.31. The molecule has 4 rings (SSSR count). The first-order valence-corrected chi connectivity index (χ1v) is 9.88. The van der Waals surface area contributed by atoms with Gasteiger partial charge in [-0.3, -0.25) is 25.2 Å². The van der Waals surface area contributed by atoms with Crippen molar-refractivity contribution in [2.75, 3.05) is 0 Å². The minimum Gasteiger partial charge on any atom is -0.481 e. The highest BCUT2D eigenvalue weighted by Gasteiger charge is 2.51. The number of rotatable bonds is 3. The Morgan fingerprint density at radius 3 is 2.62 bits per heavy atom. The molecule has 0 unspecified atom stereocenters. The molecule has 2 bridgehead atoms. The molecule has 138 valence electrons. The van der Waals surface area contributed by atoms with Gasteiger partial charge in [0.15, 0.2) is 0 Å². The van der Waals surface area contributed by atoms with Crippen LogP contribution in [-0.2, 0) is 22.4 Å². The molecule has 0 aromatic carbocycles. The molecular formula is C19H22N2O4S. The molecule has 7 heteroatoms. The molecule has 5 atom stereocenters. The summed E-state index contributed by atoms with van der Waals surface area (Å²) in [5.74, 6) is -2.56. The van der Waals surface area contributed by atoms with Gasteiger partial charge in [0.05, 0.1) is 16.7 Å². The number of thiophene rings is 1. The molecule has 1 saturated carbocycles. The van der Waals surface area contributed by atoms with E-state index in [1.165, 1.54) is 21.8 Å². The van der Waals surface area contributed by atoms with Crippen molar-refractivity contribution in [2.45, 2.75) is 32.6 Å². The predicted molar refractivity (Wildman–Crippen MR) is 96.5 cm³/mol. The maximum absolute atomic E-state index is 12.5. The number of allylic oxidation sites excluding steroid dienone is 2. The Kier molecular flexibility index (Phi) is 4.34. The fourth-order valence-electron chi connectivity index (χ4n) is 4.60. The molecule has 26 heavy (non-hydrogen) atoms. The van der Waals surface area contributed by atoms with Crippen molar-refractivity contribution < 1.29 is 19.5 Å². The zero-order chi connectivity index (χ0) is 18.4. The lowest BCUT2D eigenvalue weighted by Crippen LogP contribution is -2.48. The lowest BCUT2D eigenvalue weighted by Gasteiger charge is -2.23. The van der Waals surface area contributed by atoms with Crippen LogP contribution < -0.4 is 10.9 Å². The SMILES string of the molecule is C[C@@H]1CCc2sc(C(=O)NNC(=O)[C@H]3[C@@H](C(=O)O)[C@H]4C=C[C@H]3C4)cc2C1. The maximum atomic E-state index is 12.5. The minimum absolute atomic E-state index is 0.0615. The van der Waals surface area contributed by atoms with Gasteiger partial charge in [-0.25, -0.2) is 0 Å². The fraction of sp³-hybridized carbons (Fsp3) is 0.526. The lowest BCUT2D eigenvalue weighted by molar-refractivity contribution is -0.148. The van der Waals surface area contributed by atoms with Gasteiger partial charge in [0.25, 0.3) is 5.91 Å². The van der Waals surface area contributed by atoms with Crippen LogP contribution in [-0.4, -0.2) is 22.9 Å². The summed E-state index contributed by atoms with van der Waals surface area (Å²) in [6.07, 6.45) is 7.63. The van der Waals surface area contributed by atoms with Crippen LogP contribution in [0.3, 0.4) is 0 Å². The molecule has 3 aliphatic rings. The number of fused-ring (bicyclic) bond motifs is 3. The van der Waals surface area contributed by atoms with Crippen molar-refractivity contribution in [1.82, 2.24) is 10.9 Å². The van der Waals surface area contributed by atoms with Gasteiger partial charge in [-0.2, -0.15) is 0 Å². The van der Waals surface area contributed by atoms with Crippen LogP contribution in [0.1, 0.15) is 39.9 Å². The minimum atomic E-state index is -0.951. The van der Waals surface area contributed by atoms with Crippen molar-refractivity contribution >= 4 is 29.1 Å². The number of hydrogen-bond donors (Lipinski definition) is 3. The monoisotopic (exact) mass is 374 g/mol. The number of aryl methyl sites for hydroxylation is 1. The number of hydrazine groups is 1. The largest absolute Gasteiger partial charge is 0.481 e. The zero-order valence-corrected chi connectivity index (χ0v) is 15.3. The topological polar surface area (TPSA) is 95.5 Å². The molecule has 0 aliphatic heterocycles. The van der Waals surface area contributed by atoms with Gasteiger partial charge in [0, 0.05) is 4.88 Å². The summed E-state index contributed by atoms with van der Waals surface area (Å²) in [5.41, 5.74) is 6.15. The Hall–Kier alpha value is -2.15. The van der Waals surface area contributed by atoms with E-state index in [1.807, 2.05) is 18.2 Å². The molecule has 1 fully saturated rings. The van der Waals surface area contributed by atoms with E-state index in [1.54, 1.807) is 0 Å². The smallest absolute Gasteiger partial charge is 0.307 e. The summed E-state index contributed by atoms with van der Waals surface area (Å²) in [7, 11) is 0. The third-order valence-electron chi connectivity index (χ3n) is 5.90. The molecule has 3 N–H and O–H groups in total. The molecule has 3 aliphatic carbocycles. The van der Waals surface area contributed by atoms with Crippen LogP contribution >= 0.6 is 11.3 Å². The van der Waals surface area contributed by atoms with Gasteiger partial charge >= 0.3 is 5.97 Å². The second-order valence-electron chi connectivity index (χ2n) is 7.69.